The number of fused-ring (bicyclic) bond motifs is 2. The molecule has 0 bridgehead atoms. The summed E-state index contributed by atoms with van der Waals surface area (Å²) >= 11 is 0. The number of aromatic nitrogens is 1. The Bertz CT molecular complexity index is 970. The van der Waals surface area contributed by atoms with E-state index >= 15 is 0 Å². The number of rotatable bonds is 3. The first kappa shape index (κ1) is 14.9. The zero-order chi connectivity index (χ0) is 17.5. The molecule has 2 saturated heterocycles. The smallest absolute Gasteiger partial charge is 0.341 e. The van der Waals surface area contributed by atoms with Gasteiger partial charge in [0.2, 0.25) is 5.43 Å². The Labute approximate surface area is 143 Å². The second-order valence-electron chi connectivity index (χ2n) is 7.34. The Balaban J connectivity index is 1.68. The highest BCUT2D eigenvalue weighted by molar-refractivity contribution is 5.93. The van der Waals surface area contributed by atoms with Gasteiger partial charge in [-0.2, -0.15) is 0 Å². The van der Waals surface area contributed by atoms with Gasteiger partial charge in [0, 0.05) is 42.8 Å². The number of aromatic carboxylic acids is 1. The molecule has 3 aliphatic rings. The lowest BCUT2D eigenvalue weighted by Crippen LogP contribution is -2.29. The molecule has 2 atom stereocenters. The Morgan fingerprint density at radius 3 is 2.52 bits per heavy atom. The van der Waals surface area contributed by atoms with Crippen LogP contribution in [0.15, 0.2) is 23.1 Å². The number of carboxylic acid groups (broad SMARTS) is 1. The van der Waals surface area contributed by atoms with Crippen LogP contribution in [0.1, 0.15) is 29.2 Å². The second-order valence-corrected chi connectivity index (χ2v) is 7.34. The highest BCUT2D eigenvalue weighted by atomic mass is 19.1. The Hall–Kier alpha value is -2.41. The van der Waals surface area contributed by atoms with Crippen molar-refractivity contribution in [3.8, 4) is 0 Å². The van der Waals surface area contributed by atoms with E-state index in [1.165, 1.54) is 12.3 Å². The number of likely N-dealkylation sites (N-methyl/N-ethyl adjacent to an activating group) is 1. The molecule has 6 nitrogen and oxygen atoms in total. The molecule has 0 spiro atoms. The van der Waals surface area contributed by atoms with Crippen LogP contribution in [0, 0.1) is 5.82 Å². The van der Waals surface area contributed by atoms with Crippen molar-refractivity contribution < 1.29 is 14.3 Å². The zero-order valence-electron chi connectivity index (χ0n) is 13.8. The summed E-state index contributed by atoms with van der Waals surface area (Å²) in [6.45, 7) is 1.56. The van der Waals surface area contributed by atoms with Gasteiger partial charge in [-0.3, -0.25) is 9.69 Å². The minimum atomic E-state index is -1.27. The number of nitrogens with zero attached hydrogens (tertiary/aromatic N) is 3. The van der Waals surface area contributed by atoms with Crippen LogP contribution in [0.4, 0.5) is 10.1 Å². The van der Waals surface area contributed by atoms with E-state index < -0.39 is 17.2 Å². The predicted molar refractivity (Wildman–Crippen MR) is 90.9 cm³/mol. The fourth-order valence-corrected chi connectivity index (χ4v) is 4.11. The van der Waals surface area contributed by atoms with Crippen LogP contribution in [0.2, 0.25) is 0 Å². The standard InChI is InChI=1S/C18H18FN3O3/c1-20-15-7-21(8-16(15)20)14-5-13-10(4-12(14)19)17(23)11(18(24)25)6-22(13)9-2-3-9/h4-6,9,15-16H,2-3,7-8H2,1H3,(H,24,25). The van der Waals surface area contributed by atoms with Gasteiger partial charge >= 0.3 is 5.97 Å². The predicted octanol–water partition coefficient (Wildman–Crippen LogP) is 1.68. The largest absolute Gasteiger partial charge is 0.477 e. The molecule has 1 N–H and O–H groups in total. The monoisotopic (exact) mass is 343 g/mol. The van der Waals surface area contributed by atoms with E-state index in [0.717, 1.165) is 25.9 Å². The van der Waals surface area contributed by atoms with Gasteiger partial charge in [0.1, 0.15) is 11.4 Å². The third-order valence-electron chi connectivity index (χ3n) is 5.83. The summed E-state index contributed by atoms with van der Waals surface area (Å²) in [5, 5.41) is 9.43. The lowest BCUT2D eigenvalue weighted by molar-refractivity contribution is 0.0695. The van der Waals surface area contributed by atoms with Crippen LogP contribution in [0.5, 0.6) is 0 Å². The van der Waals surface area contributed by atoms with Crippen LogP contribution in [-0.2, 0) is 0 Å². The van der Waals surface area contributed by atoms with Crippen LogP contribution in [0.3, 0.4) is 0 Å². The zero-order valence-corrected chi connectivity index (χ0v) is 13.8. The Morgan fingerprint density at radius 1 is 1.24 bits per heavy atom. The molecule has 1 aromatic heterocycles. The fraction of sp³-hybridized carbons (Fsp3) is 0.444. The lowest BCUT2D eigenvalue weighted by atomic mass is 10.1. The number of hydrogen-bond donors (Lipinski definition) is 1. The van der Waals surface area contributed by atoms with Gasteiger partial charge < -0.3 is 14.6 Å². The van der Waals surface area contributed by atoms with Crippen LogP contribution >= 0.6 is 0 Å². The normalized spacial score (nSPS) is 27.6. The van der Waals surface area contributed by atoms with Gasteiger partial charge in [0.25, 0.3) is 0 Å². The third kappa shape index (κ3) is 2.12. The number of anilines is 1. The summed E-state index contributed by atoms with van der Waals surface area (Å²) in [4.78, 5) is 28.1. The highest BCUT2D eigenvalue weighted by Gasteiger charge is 2.51. The van der Waals surface area contributed by atoms with Gasteiger partial charge in [-0.15, -0.1) is 0 Å². The second kappa shape index (κ2) is 4.82. The number of pyridine rings is 1. The number of halogens is 1. The summed E-state index contributed by atoms with van der Waals surface area (Å²) in [5.74, 6) is -1.73. The van der Waals surface area contributed by atoms with Gasteiger partial charge in [0.05, 0.1) is 11.2 Å². The molecular weight excluding hydrogens is 325 g/mol. The van der Waals surface area contributed by atoms with Crippen molar-refractivity contribution in [1.29, 1.82) is 0 Å². The molecule has 0 radical (unpaired) electrons. The summed E-state index contributed by atoms with van der Waals surface area (Å²) in [5.41, 5.74) is 0.220. The maximum Gasteiger partial charge on any atom is 0.341 e. The molecule has 3 fully saturated rings. The van der Waals surface area contributed by atoms with Gasteiger partial charge in [-0.25, -0.2) is 9.18 Å². The number of benzene rings is 1. The van der Waals surface area contributed by atoms with E-state index in [1.807, 2.05) is 9.47 Å². The molecule has 5 rings (SSSR count). The van der Waals surface area contributed by atoms with Crippen LogP contribution in [0.25, 0.3) is 10.9 Å². The van der Waals surface area contributed by atoms with E-state index in [-0.39, 0.29) is 17.0 Å². The number of hydrogen-bond acceptors (Lipinski definition) is 4. The van der Waals surface area contributed by atoms with Crippen molar-refractivity contribution in [2.75, 3.05) is 25.0 Å². The fourth-order valence-electron chi connectivity index (χ4n) is 4.11. The summed E-state index contributed by atoms with van der Waals surface area (Å²) in [6, 6.07) is 4.09. The minimum absolute atomic E-state index is 0.148. The summed E-state index contributed by atoms with van der Waals surface area (Å²) in [6.07, 6.45) is 3.31. The molecule has 2 aliphatic heterocycles. The Morgan fingerprint density at radius 2 is 1.92 bits per heavy atom. The molecule has 7 heteroatoms. The maximum absolute atomic E-state index is 14.7. The van der Waals surface area contributed by atoms with Crippen molar-refractivity contribution in [2.45, 2.75) is 31.0 Å². The topological polar surface area (TPSA) is 65.6 Å². The molecule has 0 amide bonds. The van der Waals surface area contributed by atoms with Gasteiger partial charge in [0.15, 0.2) is 0 Å². The van der Waals surface area contributed by atoms with E-state index in [9.17, 15) is 19.1 Å². The van der Waals surface area contributed by atoms with Crippen molar-refractivity contribution in [1.82, 2.24) is 9.47 Å². The first-order valence-corrected chi connectivity index (χ1v) is 8.54. The Kier molecular flexibility index (Phi) is 2.87. The molecule has 1 aliphatic carbocycles. The van der Waals surface area contributed by atoms with Crippen molar-refractivity contribution >= 4 is 22.6 Å². The molecule has 1 aromatic carbocycles. The van der Waals surface area contributed by atoms with Crippen molar-refractivity contribution in [2.24, 2.45) is 0 Å². The van der Waals surface area contributed by atoms with E-state index in [0.29, 0.717) is 23.3 Å². The van der Waals surface area contributed by atoms with E-state index in [4.69, 9.17) is 0 Å². The molecule has 2 unspecified atom stereocenters. The van der Waals surface area contributed by atoms with Gasteiger partial charge in [-0.1, -0.05) is 0 Å². The van der Waals surface area contributed by atoms with Crippen molar-refractivity contribution in [3.63, 3.8) is 0 Å². The molecule has 130 valence electrons. The van der Waals surface area contributed by atoms with E-state index in [1.54, 1.807) is 6.07 Å². The molecule has 1 saturated carbocycles. The SMILES string of the molecule is CN1C2CN(c3cc4c(cc3F)c(=O)c(C(=O)O)cn4C3CC3)CC21. The summed E-state index contributed by atoms with van der Waals surface area (Å²) in [7, 11) is 2.07. The average Bonchev–Trinajstić information content (AvgIpc) is 3.46. The number of piperazine rings is 1. The lowest BCUT2D eigenvalue weighted by Gasteiger charge is -2.23. The molecule has 2 aromatic rings. The first-order valence-electron chi connectivity index (χ1n) is 8.54. The van der Waals surface area contributed by atoms with E-state index in [2.05, 4.69) is 11.9 Å². The average molecular weight is 343 g/mol. The molecule has 25 heavy (non-hydrogen) atoms. The quantitative estimate of drug-likeness (QED) is 0.859. The molecular formula is C18H18FN3O3. The number of carbonyl (C=O) groups is 1. The maximum atomic E-state index is 14.7. The van der Waals surface area contributed by atoms with Crippen LogP contribution in [-0.4, -0.2) is 52.8 Å². The summed E-state index contributed by atoms with van der Waals surface area (Å²) < 4.78 is 16.6. The third-order valence-corrected chi connectivity index (χ3v) is 5.83. The highest BCUT2D eigenvalue weighted by Crippen LogP contribution is 2.40. The van der Waals surface area contributed by atoms with Gasteiger partial charge in [-0.05, 0) is 32.0 Å². The number of carboxylic acids is 1. The first-order chi connectivity index (χ1) is 12.0. The molecule has 3 heterocycles. The van der Waals surface area contributed by atoms with Crippen LogP contribution < -0.4 is 10.3 Å². The van der Waals surface area contributed by atoms with Crippen molar-refractivity contribution in [3.05, 3.63) is 39.9 Å². The minimum Gasteiger partial charge on any atom is -0.477 e.